The van der Waals surface area contributed by atoms with Crippen molar-refractivity contribution in [3.63, 3.8) is 0 Å². The molecule has 0 aliphatic carbocycles. The number of hydrogen-bond donors (Lipinski definition) is 2. The SMILES string of the molecule is O=C(Nc1c(-c2ccccc2)nc2c(F)cccn12)c1ccc(C(F)(F)F)c(-c2ccn[nH]2)c1. The second-order valence-electron chi connectivity index (χ2n) is 7.41. The zero-order chi connectivity index (χ0) is 23.9. The minimum absolute atomic E-state index is 0.00206. The number of fused-ring (bicyclic) bond motifs is 1. The molecule has 0 spiro atoms. The highest BCUT2D eigenvalue weighted by Crippen LogP contribution is 2.37. The van der Waals surface area contributed by atoms with Gasteiger partial charge in [0.15, 0.2) is 11.5 Å². The molecule has 2 aromatic carbocycles. The van der Waals surface area contributed by atoms with Crippen LogP contribution in [0.3, 0.4) is 0 Å². The van der Waals surface area contributed by atoms with Crippen molar-refractivity contribution in [3.8, 4) is 22.5 Å². The van der Waals surface area contributed by atoms with Gasteiger partial charge in [0.1, 0.15) is 11.5 Å². The molecule has 5 rings (SSSR count). The Bertz CT molecular complexity index is 1490. The molecule has 0 fully saturated rings. The molecule has 34 heavy (non-hydrogen) atoms. The molecule has 0 saturated heterocycles. The predicted molar refractivity (Wildman–Crippen MR) is 118 cm³/mol. The van der Waals surface area contributed by atoms with E-state index in [9.17, 15) is 22.4 Å². The highest BCUT2D eigenvalue weighted by Gasteiger charge is 2.34. The molecule has 0 saturated carbocycles. The first-order chi connectivity index (χ1) is 16.3. The number of benzene rings is 2. The summed E-state index contributed by atoms with van der Waals surface area (Å²) in [6, 6.07) is 16.0. The Labute approximate surface area is 189 Å². The van der Waals surface area contributed by atoms with Crippen molar-refractivity contribution in [3.05, 3.63) is 96.1 Å². The highest BCUT2D eigenvalue weighted by atomic mass is 19.4. The number of amides is 1. The van der Waals surface area contributed by atoms with Crippen LogP contribution in [0.4, 0.5) is 23.4 Å². The van der Waals surface area contributed by atoms with Crippen molar-refractivity contribution in [2.24, 2.45) is 0 Å². The molecular formula is C24H15F4N5O. The highest BCUT2D eigenvalue weighted by molar-refractivity contribution is 6.06. The third-order valence-corrected chi connectivity index (χ3v) is 5.26. The van der Waals surface area contributed by atoms with E-state index in [0.717, 1.165) is 18.2 Å². The van der Waals surface area contributed by atoms with E-state index in [1.165, 1.54) is 35.0 Å². The first-order valence-corrected chi connectivity index (χ1v) is 10.1. The molecule has 3 heterocycles. The fourth-order valence-electron chi connectivity index (χ4n) is 3.69. The van der Waals surface area contributed by atoms with Crippen LogP contribution in [0.15, 0.2) is 79.1 Å². The largest absolute Gasteiger partial charge is 0.417 e. The molecule has 0 atom stereocenters. The number of hydrogen-bond acceptors (Lipinski definition) is 3. The standard InChI is InChI=1S/C24H15F4N5O/c25-18-7-4-12-33-21(18)30-20(14-5-2-1-3-6-14)22(33)31-23(34)15-8-9-17(24(26,27)28)16(13-15)19-10-11-29-32-19/h1-13H,(H,29,32)(H,31,34). The van der Waals surface area contributed by atoms with Gasteiger partial charge in [-0.15, -0.1) is 0 Å². The second-order valence-corrected chi connectivity index (χ2v) is 7.41. The molecule has 2 N–H and O–H groups in total. The lowest BCUT2D eigenvalue weighted by molar-refractivity contribution is -0.137. The van der Waals surface area contributed by atoms with Gasteiger partial charge >= 0.3 is 6.18 Å². The number of alkyl halides is 3. The zero-order valence-electron chi connectivity index (χ0n) is 17.3. The van der Waals surface area contributed by atoms with E-state index >= 15 is 0 Å². The number of carbonyl (C=O) groups excluding carboxylic acids is 1. The predicted octanol–water partition coefficient (Wildman–Crippen LogP) is 5.80. The van der Waals surface area contributed by atoms with Crippen molar-refractivity contribution in [1.29, 1.82) is 0 Å². The topological polar surface area (TPSA) is 75.1 Å². The average Bonchev–Trinajstić information content (AvgIpc) is 3.48. The number of aromatic amines is 1. The Morgan fingerprint density at radius 2 is 1.79 bits per heavy atom. The molecular weight excluding hydrogens is 450 g/mol. The number of pyridine rings is 1. The molecule has 10 heteroatoms. The number of nitrogens with one attached hydrogen (secondary N) is 2. The van der Waals surface area contributed by atoms with Crippen LogP contribution in [0.2, 0.25) is 0 Å². The summed E-state index contributed by atoms with van der Waals surface area (Å²) in [7, 11) is 0. The van der Waals surface area contributed by atoms with E-state index in [1.54, 1.807) is 30.3 Å². The molecule has 3 aromatic heterocycles. The van der Waals surface area contributed by atoms with Gasteiger partial charge in [-0.25, -0.2) is 9.37 Å². The maximum absolute atomic E-state index is 14.4. The Morgan fingerprint density at radius 1 is 1.00 bits per heavy atom. The number of halogens is 4. The first-order valence-electron chi connectivity index (χ1n) is 10.1. The van der Waals surface area contributed by atoms with E-state index < -0.39 is 23.5 Å². The van der Waals surface area contributed by atoms with Crippen molar-refractivity contribution in [1.82, 2.24) is 19.6 Å². The third-order valence-electron chi connectivity index (χ3n) is 5.26. The van der Waals surface area contributed by atoms with Gasteiger partial charge in [0.05, 0.1) is 11.3 Å². The molecule has 0 aliphatic heterocycles. The fourth-order valence-corrected chi connectivity index (χ4v) is 3.69. The van der Waals surface area contributed by atoms with Crippen molar-refractivity contribution in [2.45, 2.75) is 6.18 Å². The van der Waals surface area contributed by atoms with Crippen molar-refractivity contribution in [2.75, 3.05) is 5.32 Å². The fraction of sp³-hybridized carbons (Fsp3) is 0.0417. The summed E-state index contributed by atoms with van der Waals surface area (Å²) in [5.74, 6) is -1.08. The molecule has 6 nitrogen and oxygen atoms in total. The molecule has 0 bridgehead atoms. The van der Waals surface area contributed by atoms with Gasteiger partial charge in [-0.1, -0.05) is 30.3 Å². The van der Waals surface area contributed by atoms with Crippen LogP contribution >= 0.6 is 0 Å². The average molecular weight is 465 g/mol. The van der Waals surface area contributed by atoms with Gasteiger partial charge in [0.2, 0.25) is 0 Å². The Kier molecular flexibility index (Phi) is 5.12. The number of nitrogens with zero attached hydrogens (tertiary/aromatic N) is 3. The lowest BCUT2D eigenvalue weighted by atomic mass is 10.0. The lowest BCUT2D eigenvalue weighted by Crippen LogP contribution is -2.15. The summed E-state index contributed by atoms with van der Waals surface area (Å²) in [6.45, 7) is 0. The van der Waals surface area contributed by atoms with E-state index in [0.29, 0.717) is 11.3 Å². The summed E-state index contributed by atoms with van der Waals surface area (Å²) < 4.78 is 56.4. The zero-order valence-corrected chi connectivity index (χ0v) is 17.3. The van der Waals surface area contributed by atoms with Gasteiger partial charge < -0.3 is 5.32 Å². The number of imidazole rings is 1. The summed E-state index contributed by atoms with van der Waals surface area (Å²) in [6.07, 6.45) is -1.77. The van der Waals surface area contributed by atoms with E-state index in [-0.39, 0.29) is 28.3 Å². The smallest absolute Gasteiger partial charge is 0.306 e. The summed E-state index contributed by atoms with van der Waals surface area (Å²) in [4.78, 5) is 17.5. The Hall–Kier alpha value is -4.47. The van der Waals surface area contributed by atoms with Gasteiger partial charge in [0.25, 0.3) is 5.91 Å². The van der Waals surface area contributed by atoms with E-state index in [1.807, 2.05) is 0 Å². The van der Waals surface area contributed by atoms with Crippen LogP contribution < -0.4 is 5.32 Å². The molecule has 0 unspecified atom stereocenters. The van der Waals surface area contributed by atoms with Gasteiger partial charge in [-0.05, 0) is 36.4 Å². The first kappa shape index (κ1) is 21.4. The molecule has 0 aliphatic rings. The quantitative estimate of drug-likeness (QED) is 0.330. The number of rotatable bonds is 4. The number of aromatic nitrogens is 4. The van der Waals surface area contributed by atoms with Crippen molar-refractivity contribution < 1.29 is 22.4 Å². The maximum atomic E-state index is 14.4. The van der Waals surface area contributed by atoms with Crippen LogP contribution in [0.1, 0.15) is 15.9 Å². The number of carbonyl (C=O) groups is 1. The molecule has 5 aromatic rings. The van der Waals surface area contributed by atoms with Gasteiger partial charge in [-0.2, -0.15) is 18.3 Å². The summed E-state index contributed by atoms with van der Waals surface area (Å²) >= 11 is 0. The maximum Gasteiger partial charge on any atom is 0.417 e. The third kappa shape index (κ3) is 3.79. The second kappa shape index (κ2) is 8.14. The Balaban J connectivity index is 1.60. The summed E-state index contributed by atoms with van der Waals surface area (Å²) in [5.41, 5.74) is -0.0829. The van der Waals surface area contributed by atoms with Crippen molar-refractivity contribution >= 4 is 17.4 Å². The van der Waals surface area contributed by atoms with E-state index in [4.69, 9.17) is 0 Å². The number of H-pyrrole nitrogens is 1. The Morgan fingerprint density at radius 3 is 2.50 bits per heavy atom. The summed E-state index contributed by atoms with van der Waals surface area (Å²) in [5, 5.41) is 8.90. The van der Waals surface area contributed by atoms with Crippen LogP contribution in [0.5, 0.6) is 0 Å². The lowest BCUT2D eigenvalue weighted by Gasteiger charge is -2.14. The minimum atomic E-state index is -4.63. The van der Waals surface area contributed by atoms with Crippen LogP contribution in [0, 0.1) is 5.82 Å². The monoisotopic (exact) mass is 465 g/mol. The minimum Gasteiger partial charge on any atom is -0.306 e. The molecule has 0 radical (unpaired) electrons. The van der Waals surface area contributed by atoms with Gasteiger partial charge in [0, 0.05) is 29.1 Å². The van der Waals surface area contributed by atoms with Crippen LogP contribution in [-0.4, -0.2) is 25.5 Å². The van der Waals surface area contributed by atoms with Crippen LogP contribution in [0.25, 0.3) is 28.2 Å². The normalized spacial score (nSPS) is 11.6. The number of anilines is 1. The van der Waals surface area contributed by atoms with Crippen LogP contribution in [-0.2, 0) is 6.18 Å². The molecule has 170 valence electrons. The molecule has 1 amide bonds. The van der Waals surface area contributed by atoms with E-state index in [2.05, 4.69) is 20.5 Å². The van der Waals surface area contributed by atoms with Gasteiger partial charge in [-0.3, -0.25) is 14.3 Å².